The fourth-order valence-electron chi connectivity index (χ4n) is 4.42. The molecule has 230 valence electrons. The van der Waals surface area contributed by atoms with Gasteiger partial charge in [0.25, 0.3) is 0 Å². The Hall–Kier alpha value is -0.900. The molecule has 3 heterocycles. The second kappa shape index (κ2) is 13.6. The Balaban J connectivity index is 0.000000563. The lowest BCUT2D eigenvalue weighted by Gasteiger charge is -2.26. The van der Waals surface area contributed by atoms with Crippen LogP contribution in [0.25, 0.3) is 0 Å². The molecule has 0 N–H and O–H groups in total. The zero-order chi connectivity index (χ0) is 30.8. The van der Waals surface area contributed by atoms with E-state index in [0.717, 1.165) is 0 Å². The van der Waals surface area contributed by atoms with Crippen LogP contribution in [-0.4, -0.2) is 0 Å². The molecule has 0 saturated heterocycles. The van der Waals surface area contributed by atoms with E-state index < -0.39 is 0 Å². The Kier molecular flexibility index (Phi) is 13.3. The minimum atomic E-state index is 0. The summed E-state index contributed by atoms with van der Waals surface area (Å²) in [5, 5.41) is 9.00. The Labute approximate surface area is 263 Å². The highest BCUT2D eigenvalue weighted by atomic mass is 32.1. The fraction of sp³-hybridized carbons (Fsp3) is 0.676. The SMILES string of the molecule is C.CC(C)(C)c1ccsc1C(C)(C)C.CC(C)(C)c1ccsc1C(C)(C)C.CC(C)(C)c1cscc1C(C)(C)C. The minimum absolute atomic E-state index is 0. The van der Waals surface area contributed by atoms with Gasteiger partial charge in [-0.15, -0.1) is 22.7 Å². The van der Waals surface area contributed by atoms with Gasteiger partial charge in [-0.25, -0.2) is 0 Å². The van der Waals surface area contributed by atoms with Crippen molar-refractivity contribution < 1.29 is 0 Å². The molecule has 3 aromatic rings. The predicted molar refractivity (Wildman–Crippen MR) is 192 cm³/mol. The average molecular weight is 605 g/mol. The van der Waals surface area contributed by atoms with Gasteiger partial charge in [-0.1, -0.05) is 132 Å². The molecule has 3 aromatic heterocycles. The third-order valence-electron chi connectivity index (χ3n) is 6.59. The van der Waals surface area contributed by atoms with E-state index in [0.29, 0.717) is 0 Å². The van der Waals surface area contributed by atoms with E-state index in [1.165, 1.54) is 32.0 Å². The van der Waals surface area contributed by atoms with Crippen molar-refractivity contribution in [1.29, 1.82) is 0 Å². The third-order valence-corrected chi connectivity index (χ3v) is 10.0. The van der Waals surface area contributed by atoms with Crippen molar-refractivity contribution in [2.24, 2.45) is 0 Å². The highest BCUT2D eigenvalue weighted by molar-refractivity contribution is 7.10. The maximum Gasteiger partial charge on any atom is 0.0136 e. The summed E-state index contributed by atoms with van der Waals surface area (Å²) in [6.45, 7) is 41.1. The maximum atomic E-state index is 2.29. The molecule has 0 aliphatic carbocycles. The van der Waals surface area contributed by atoms with Crippen LogP contribution < -0.4 is 0 Å². The molecule has 0 aromatic carbocycles. The molecular formula is C37H64S3. The van der Waals surface area contributed by atoms with E-state index in [9.17, 15) is 0 Å². The van der Waals surface area contributed by atoms with E-state index in [2.05, 4.69) is 158 Å². The zero-order valence-corrected chi connectivity index (χ0v) is 31.1. The van der Waals surface area contributed by atoms with Crippen LogP contribution in [0, 0.1) is 0 Å². The van der Waals surface area contributed by atoms with Gasteiger partial charge in [0.15, 0.2) is 0 Å². The Morgan fingerprint density at radius 2 is 0.625 bits per heavy atom. The summed E-state index contributed by atoms with van der Waals surface area (Å²) in [5.74, 6) is 0. The highest BCUT2D eigenvalue weighted by Gasteiger charge is 2.27. The molecule has 0 atom stereocenters. The molecule has 40 heavy (non-hydrogen) atoms. The quantitative estimate of drug-likeness (QED) is 0.239. The van der Waals surface area contributed by atoms with Crippen LogP contribution in [0.5, 0.6) is 0 Å². The van der Waals surface area contributed by atoms with E-state index in [-0.39, 0.29) is 39.9 Å². The largest absolute Gasteiger partial charge is 0.152 e. The van der Waals surface area contributed by atoms with Crippen LogP contribution in [0.3, 0.4) is 0 Å². The van der Waals surface area contributed by atoms with Crippen molar-refractivity contribution in [2.75, 3.05) is 0 Å². The van der Waals surface area contributed by atoms with Crippen LogP contribution in [0.15, 0.2) is 33.7 Å². The lowest BCUT2D eigenvalue weighted by molar-refractivity contribution is 0.534. The van der Waals surface area contributed by atoms with Gasteiger partial charge in [-0.3, -0.25) is 0 Å². The van der Waals surface area contributed by atoms with Gasteiger partial charge in [0, 0.05) is 9.75 Å². The summed E-state index contributed by atoms with van der Waals surface area (Å²) in [6, 6.07) is 4.54. The molecule has 0 unspecified atom stereocenters. The third kappa shape index (κ3) is 11.4. The molecule has 0 radical (unpaired) electrons. The number of thiophene rings is 3. The predicted octanol–water partition coefficient (Wildman–Crippen LogP) is 13.7. The van der Waals surface area contributed by atoms with E-state index >= 15 is 0 Å². The van der Waals surface area contributed by atoms with E-state index in [1.54, 1.807) is 0 Å². The molecular weight excluding hydrogens is 541 g/mol. The van der Waals surface area contributed by atoms with Crippen molar-refractivity contribution in [1.82, 2.24) is 0 Å². The van der Waals surface area contributed by atoms with Crippen LogP contribution in [0.1, 0.15) is 164 Å². The number of hydrogen-bond donors (Lipinski definition) is 0. The molecule has 3 heteroatoms. The molecule has 0 saturated carbocycles. The molecule has 0 nitrogen and oxygen atoms in total. The first kappa shape index (κ1) is 39.1. The summed E-state index contributed by atoms with van der Waals surface area (Å²) in [7, 11) is 0. The van der Waals surface area contributed by atoms with Gasteiger partial charge < -0.3 is 0 Å². The maximum absolute atomic E-state index is 2.29. The van der Waals surface area contributed by atoms with Crippen LogP contribution in [-0.2, 0) is 32.5 Å². The van der Waals surface area contributed by atoms with Crippen LogP contribution >= 0.6 is 34.0 Å². The van der Waals surface area contributed by atoms with Crippen molar-refractivity contribution in [3.05, 3.63) is 65.7 Å². The molecule has 0 aliphatic rings. The van der Waals surface area contributed by atoms with Crippen molar-refractivity contribution in [3.8, 4) is 0 Å². The summed E-state index contributed by atoms with van der Waals surface area (Å²) in [6.07, 6.45) is 0. The highest BCUT2D eigenvalue weighted by Crippen LogP contribution is 2.39. The normalized spacial score (nSPS) is 13.1. The van der Waals surface area contributed by atoms with Crippen LogP contribution in [0.4, 0.5) is 0 Å². The molecule has 0 amide bonds. The molecule has 0 bridgehead atoms. The van der Waals surface area contributed by atoms with Crippen LogP contribution in [0.2, 0.25) is 0 Å². The second-order valence-corrected chi connectivity index (χ2v) is 19.6. The summed E-state index contributed by atoms with van der Waals surface area (Å²) < 4.78 is 0. The summed E-state index contributed by atoms with van der Waals surface area (Å²) in [4.78, 5) is 3.06. The van der Waals surface area contributed by atoms with Gasteiger partial charge in [0.2, 0.25) is 0 Å². The van der Waals surface area contributed by atoms with Crippen molar-refractivity contribution in [3.63, 3.8) is 0 Å². The molecule has 0 aliphatic heterocycles. The smallest absolute Gasteiger partial charge is 0.0136 e. The monoisotopic (exact) mass is 604 g/mol. The van der Waals surface area contributed by atoms with Crippen molar-refractivity contribution in [2.45, 2.75) is 165 Å². The first-order valence-corrected chi connectivity index (χ1v) is 17.1. The average Bonchev–Trinajstić information content (AvgIpc) is 3.45. The first-order chi connectivity index (χ1) is 17.2. The Bertz CT molecular complexity index is 905. The van der Waals surface area contributed by atoms with Crippen molar-refractivity contribution >= 4 is 34.0 Å². The lowest BCUT2D eigenvalue weighted by atomic mass is 9.78. The fourth-order valence-corrected chi connectivity index (χ4v) is 8.11. The second-order valence-electron chi connectivity index (χ2n) is 17.0. The van der Waals surface area contributed by atoms with Gasteiger partial charge in [-0.05, 0) is 88.4 Å². The van der Waals surface area contributed by atoms with Gasteiger partial charge in [0.1, 0.15) is 0 Å². The Morgan fingerprint density at radius 1 is 0.375 bits per heavy atom. The summed E-state index contributed by atoms with van der Waals surface area (Å²) >= 11 is 5.59. The van der Waals surface area contributed by atoms with Gasteiger partial charge in [-0.2, -0.15) is 11.3 Å². The van der Waals surface area contributed by atoms with E-state index in [4.69, 9.17) is 0 Å². The molecule has 0 spiro atoms. The lowest BCUT2D eigenvalue weighted by Crippen LogP contribution is -2.19. The zero-order valence-electron chi connectivity index (χ0n) is 28.7. The standard InChI is InChI=1S/3C12H20S.CH4/c1-11(2,3)9-7-13-8-10(9)12(4,5)6;2*1-11(2,3)9-7-8-13-10(9)12(4,5)6;/h3*7-8H,1-6H3;1H4. The number of rotatable bonds is 0. The summed E-state index contributed by atoms with van der Waals surface area (Å²) in [5.41, 5.74) is 7.72. The van der Waals surface area contributed by atoms with Gasteiger partial charge in [0.05, 0.1) is 0 Å². The molecule has 0 fully saturated rings. The minimum Gasteiger partial charge on any atom is -0.152 e. The van der Waals surface area contributed by atoms with Gasteiger partial charge >= 0.3 is 0 Å². The number of hydrogen-bond acceptors (Lipinski definition) is 3. The van der Waals surface area contributed by atoms with E-state index in [1.807, 2.05) is 34.0 Å². The first-order valence-electron chi connectivity index (χ1n) is 14.4. The Morgan fingerprint density at radius 3 is 0.800 bits per heavy atom. The molecule has 3 rings (SSSR count). The topological polar surface area (TPSA) is 0 Å².